The van der Waals surface area contributed by atoms with Crippen molar-refractivity contribution in [2.45, 2.75) is 18.4 Å². The zero-order valence-corrected chi connectivity index (χ0v) is 15.4. The summed E-state index contributed by atoms with van der Waals surface area (Å²) >= 11 is 3.26. The van der Waals surface area contributed by atoms with Gasteiger partial charge in [0.1, 0.15) is 11.8 Å². The van der Waals surface area contributed by atoms with Crippen molar-refractivity contribution in [1.29, 1.82) is 5.41 Å². The molecule has 1 aromatic carbocycles. The van der Waals surface area contributed by atoms with Gasteiger partial charge in [-0.05, 0) is 45.8 Å². The third kappa shape index (κ3) is 3.18. The number of nitrogen functional groups attached to an aromatic ring is 1. The van der Waals surface area contributed by atoms with Crippen molar-refractivity contribution in [3.05, 3.63) is 70.1 Å². The number of pyridine rings is 1. The Balaban J connectivity index is 1.67. The molecule has 0 aliphatic heterocycles. The molecular weight excluding hydrogens is 420 g/mol. The summed E-state index contributed by atoms with van der Waals surface area (Å²) in [5.74, 6) is -2.75. The third-order valence-electron chi connectivity index (χ3n) is 4.40. The average molecular weight is 434 g/mol. The van der Waals surface area contributed by atoms with E-state index in [0.717, 1.165) is 0 Å². The fourth-order valence-electron chi connectivity index (χ4n) is 3.12. The van der Waals surface area contributed by atoms with Crippen LogP contribution in [0.5, 0.6) is 0 Å². The molecule has 0 bridgehead atoms. The van der Waals surface area contributed by atoms with E-state index < -0.39 is 12.0 Å². The van der Waals surface area contributed by atoms with Gasteiger partial charge in [0, 0.05) is 34.0 Å². The Bertz CT molecular complexity index is 1020. The summed E-state index contributed by atoms with van der Waals surface area (Å²) in [4.78, 5) is 7.95. The van der Waals surface area contributed by atoms with Crippen molar-refractivity contribution in [2.75, 3.05) is 11.1 Å². The minimum atomic E-state index is -2.99. The second-order valence-electron chi connectivity index (χ2n) is 6.26. The first-order valence-corrected chi connectivity index (χ1v) is 8.80. The molecule has 138 valence electrons. The van der Waals surface area contributed by atoms with Crippen molar-refractivity contribution in [1.82, 2.24) is 9.97 Å². The van der Waals surface area contributed by atoms with Gasteiger partial charge in [0.15, 0.2) is 12.2 Å². The number of hydrogen-bond donors (Lipinski definition) is 3. The average Bonchev–Trinajstić information content (AvgIpc) is 3.22. The highest BCUT2D eigenvalue weighted by molar-refractivity contribution is 9.10. The van der Waals surface area contributed by atoms with E-state index in [1.807, 2.05) is 0 Å². The zero-order valence-electron chi connectivity index (χ0n) is 13.8. The zero-order chi connectivity index (χ0) is 19.2. The number of alkyl halides is 2. The second kappa shape index (κ2) is 6.41. The van der Waals surface area contributed by atoms with Crippen LogP contribution in [0.15, 0.2) is 51.9 Å². The van der Waals surface area contributed by atoms with Crippen molar-refractivity contribution in [3.63, 3.8) is 0 Å². The Morgan fingerprint density at radius 3 is 2.89 bits per heavy atom. The number of benzene rings is 1. The number of aromatic nitrogens is 2. The number of nitrogens with two attached hydrogens (primary N) is 1. The van der Waals surface area contributed by atoms with Crippen molar-refractivity contribution < 1.29 is 13.2 Å². The highest BCUT2D eigenvalue weighted by Gasteiger charge is 2.48. The fraction of sp³-hybridized carbons (Fsp3) is 0.167. The summed E-state index contributed by atoms with van der Waals surface area (Å²) in [7, 11) is 0. The molecule has 2 aromatic heterocycles. The predicted octanol–water partition coefficient (Wildman–Crippen LogP) is 4.18. The number of nitrogens with one attached hydrogen (secondary N) is 2. The van der Waals surface area contributed by atoms with Crippen molar-refractivity contribution in [3.8, 4) is 0 Å². The number of fused-ring (bicyclic) bond motifs is 1. The molecule has 2 heterocycles. The van der Waals surface area contributed by atoms with Gasteiger partial charge >= 0.3 is 0 Å². The maximum absolute atomic E-state index is 14.6. The molecular formula is C18H14BrF2N5O. The van der Waals surface area contributed by atoms with Gasteiger partial charge in [0.05, 0.1) is 11.9 Å². The van der Waals surface area contributed by atoms with Crippen LogP contribution >= 0.6 is 15.9 Å². The van der Waals surface area contributed by atoms with E-state index in [1.165, 1.54) is 18.8 Å². The van der Waals surface area contributed by atoms with Gasteiger partial charge in [-0.3, -0.25) is 10.4 Å². The molecule has 1 atom stereocenters. The van der Waals surface area contributed by atoms with Crippen LogP contribution in [0.3, 0.4) is 0 Å². The lowest BCUT2D eigenvalue weighted by atomic mass is 10.0. The quantitative estimate of drug-likeness (QED) is 0.423. The molecule has 0 radical (unpaired) electrons. The number of rotatable bonds is 4. The van der Waals surface area contributed by atoms with E-state index in [0.29, 0.717) is 32.7 Å². The molecule has 0 fully saturated rings. The van der Waals surface area contributed by atoms with E-state index in [-0.39, 0.29) is 17.9 Å². The second-order valence-corrected chi connectivity index (χ2v) is 7.17. The maximum atomic E-state index is 14.6. The lowest BCUT2D eigenvalue weighted by Crippen LogP contribution is -2.28. The first-order valence-electron chi connectivity index (χ1n) is 8.01. The first kappa shape index (κ1) is 17.6. The molecule has 27 heavy (non-hydrogen) atoms. The van der Waals surface area contributed by atoms with Gasteiger partial charge < -0.3 is 15.5 Å². The summed E-state index contributed by atoms with van der Waals surface area (Å²) in [5, 5.41) is 11.1. The molecule has 9 heteroatoms. The molecule has 1 unspecified atom stereocenters. The van der Waals surface area contributed by atoms with Crippen LogP contribution in [0, 0.1) is 5.41 Å². The summed E-state index contributed by atoms with van der Waals surface area (Å²) in [5.41, 5.74) is 7.89. The largest absolute Gasteiger partial charge is 0.442 e. The Hall–Kier alpha value is -2.81. The van der Waals surface area contributed by atoms with Gasteiger partial charge in [-0.25, -0.2) is 13.8 Å². The van der Waals surface area contributed by atoms with Gasteiger partial charge in [-0.1, -0.05) is 0 Å². The topological polar surface area (TPSA) is 101 Å². The van der Waals surface area contributed by atoms with Crippen LogP contribution in [-0.2, 0) is 6.42 Å². The normalized spacial score (nSPS) is 17.5. The van der Waals surface area contributed by atoms with E-state index in [4.69, 9.17) is 15.6 Å². The molecule has 0 amide bonds. The summed E-state index contributed by atoms with van der Waals surface area (Å²) in [6.07, 6.45) is 3.72. The molecule has 0 saturated carbocycles. The Morgan fingerprint density at radius 1 is 1.33 bits per heavy atom. The van der Waals surface area contributed by atoms with Gasteiger partial charge in [-0.15, -0.1) is 0 Å². The van der Waals surface area contributed by atoms with Crippen LogP contribution in [0.4, 0.5) is 20.2 Å². The summed E-state index contributed by atoms with van der Waals surface area (Å²) in [6.45, 7) is 0. The molecule has 0 saturated heterocycles. The highest BCUT2D eigenvalue weighted by atomic mass is 79.9. The smallest absolute Gasteiger partial charge is 0.277 e. The van der Waals surface area contributed by atoms with Crippen LogP contribution in [0.1, 0.15) is 28.6 Å². The Labute approximate surface area is 161 Å². The summed E-state index contributed by atoms with van der Waals surface area (Å²) in [6, 6.07) is 5.10. The summed E-state index contributed by atoms with van der Waals surface area (Å²) < 4.78 is 34.9. The van der Waals surface area contributed by atoms with Gasteiger partial charge in [0.2, 0.25) is 0 Å². The van der Waals surface area contributed by atoms with Crippen LogP contribution in [-0.4, -0.2) is 21.6 Å². The molecule has 1 aliphatic rings. The predicted molar refractivity (Wildman–Crippen MR) is 100 cm³/mol. The van der Waals surface area contributed by atoms with Crippen LogP contribution in [0.25, 0.3) is 0 Å². The number of anilines is 2. The first-order chi connectivity index (χ1) is 12.8. The van der Waals surface area contributed by atoms with E-state index in [1.54, 1.807) is 24.3 Å². The van der Waals surface area contributed by atoms with Crippen LogP contribution in [0.2, 0.25) is 0 Å². The third-order valence-corrected chi connectivity index (χ3v) is 4.84. The van der Waals surface area contributed by atoms with Crippen LogP contribution < -0.4 is 11.1 Å². The van der Waals surface area contributed by atoms with Crippen molar-refractivity contribution in [2.24, 2.45) is 0 Å². The Morgan fingerprint density at radius 2 is 2.15 bits per heavy atom. The van der Waals surface area contributed by atoms with E-state index >= 15 is 0 Å². The molecule has 4 N–H and O–H groups in total. The number of hydrogen-bond acceptors (Lipinski definition) is 6. The number of halogens is 3. The van der Waals surface area contributed by atoms with E-state index in [9.17, 15) is 8.78 Å². The molecule has 0 spiro atoms. The fourth-order valence-corrected chi connectivity index (χ4v) is 3.50. The molecule has 6 nitrogen and oxygen atoms in total. The molecule has 3 aromatic rings. The monoisotopic (exact) mass is 433 g/mol. The molecule has 4 rings (SSSR count). The lowest BCUT2D eigenvalue weighted by molar-refractivity contribution is -0.00769. The SMILES string of the molecule is N=C(c1cnco1)c1cc(NC2c3ncc(Br)cc3CC2(F)F)ccc1N. The Kier molecular flexibility index (Phi) is 4.18. The lowest BCUT2D eigenvalue weighted by Gasteiger charge is -2.22. The van der Waals surface area contributed by atoms with Gasteiger partial charge in [0.25, 0.3) is 5.92 Å². The standard InChI is InChI=1S/C18H14BrF2N5O/c19-10-3-9-5-18(20,21)17(16(9)25-6-10)26-11-1-2-13(22)12(4-11)15(23)14-7-24-8-27-14/h1-4,6-8,17,23,26H,5,22H2. The van der Waals surface area contributed by atoms with Gasteiger partial charge in [-0.2, -0.15) is 0 Å². The minimum Gasteiger partial charge on any atom is -0.442 e. The van der Waals surface area contributed by atoms with Crippen molar-refractivity contribution >= 4 is 33.0 Å². The number of nitrogens with zero attached hydrogens (tertiary/aromatic N) is 2. The van der Waals surface area contributed by atoms with E-state index in [2.05, 4.69) is 31.2 Å². The molecule has 1 aliphatic carbocycles. The highest BCUT2D eigenvalue weighted by Crippen LogP contribution is 2.44. The maximum Gasteiger partial charge on any atom is 0.277 e. The number of oxazole rings is 1. The minimum absolute atomic E-state index is 0.0225.